The molecule has 17 heavy (non-hydrogen) atoms. The first-order valence-corrected chi connectivity index (χ1v) is 6.43. The molecule has 2 atom stereocenters. The highest BCUT2D eigenvalue weighted by molar-refractivity contribution is 5.75. The first-order chi connectivity index (χ1) is 8.17. The van der Waals surface area contributed by atoms with Crippen LogP contribution < -0.4 is 5.73 Å². The van der Waals surface area contributed by atoms with Gasteiger partial charge in [0.2, 0.25) is 0 Å². The van der Waals surface area contributed by atoms with Crippen molar-refractivity contribution in [3.05, 3.63) is 0 Å². The van der Waals surface area contributed by atoms with Crippen molar-refractivity contribution in [2.45, 2.75) is 38.8 Å². The number of hydrogen-bond acceptors (Lipinski definition) is 5. The van der Waals surface area contributed by atoms with E-state index < -0.39 is 6.04 Å². The Balaban J connectivity index is 2.23. The minimum atomic E-state index is -0.502. The third-order valence-corrected chi connectivity index (χ3v) is 3.02. The Labute approximate surface area is 103 Å². The van der Waals surface area contributed by atoms with Gasteiger partial charge in [-0.05, 0) is 19.8 Å². The molecule has 1 fully saturated rings. The molecule has 0 aromatic heterocycles. The lowest BCUT2D eigenvalue weighted by atomic mass is 10.1. The summed E-state index contributed by atoms with van der Waals surface area (Å²) in [5.41, 5.74) is 5.76. The number of hydrogen-bond donors (Lipinski definition) is 1. The second-order valence-corrected chi connectivity index (χ2v) is 4.35. The zero-order valence-electron chi connectivity index (χ0n) is 10.9. The number of nitrogens with two attached hydrogens (primary N) is 1. The standard InChI is InChI=1S/C12H24N2O3/c1-3-10-9-14(7-8-17-10)6-5-11(13)12(15)16-4-2/h10-11H,3-9,13H2,1-2H3. The molecule has 1 aliphatic heterocycles. The third kappa shape index (κ3) is 5.02. The Morgan fingerprint density at radius 2 is 2.35 bits per heavy atom. The molecule has 0 aromatic rings. The van der Waals surface area contributed by atoms with Crippen LogP contribution in [0.25, 0.3) is 0 Å². The number of rotatable bonds is 6. The Bertz CT molecular complexity index is 236. The van der Waals surface area contributed by atoms with Crippen LogP contribution in [0.2, 0.25) is 0 Å². The predicted octanol–water partition coefficient (Wildman–Crippen LogP) is 0.378. The van der Waals surface area contributed by atoms with Crippen LogP contribution in [-0.4, -0.2) is 55.9 Å². The van der Waals surface area contributed by atoms with Crippen molar-refractivity contribution in [1.29, 1.82) is 0 Å². The minimum absolute atomic E-state index is 0.298. The molecule has 0 radical (unpaired) electrons. The number of carbonyl (C=O) groups is 1. The van der Waals surface area contributed by atoms with E-state index in [2.05, 4.69) is 11.8 Å². The molecular formula is C12H24N2O3. The molecule has 5 nitrogen and oxygen atoms in total. The zero-order valence-corrected chi connectivity index (χ0v) is 10.9. The highest BCUT2D eigenvalue weighted by Gasteiger charge is 2.21. The zero-order chi connectivity index (χ0) is 12.7. The molecule has 5 heteroatoms. The van der Waals surface area contributed by atoms with Crippen LogP contribution in [0.15, 0.2) is 0 Å². The average molecular weight is 244 g/mol. The lowest BCUT2D eigenvalue weighted by molar-refractivity contribution is -0.145. The molecule has 0 aliphatic carbocycles. The van der Waals surface area contributed by atoms with E-state index in [0.717, 1.165) is 32.7 Å². The van der Waals surface area contributed by atoms with Gasteiger partial charge in [0, 0.05) is 19.6 Å². The molecular weight excluding hydrogens is 220 g/mol. The summed E-state index contributed by atoms with van der Waals surface area (Å²) in [5.74, 6) is -0.298. The van der Waals surface area contributed by atoms with Gasteiger partial charge in [-0.1, -0.05) is 6.92 Å². The van der Waals surface area contributed by atoms with Gasteiger partial charge in [-0.3, -0.25) is 9.69 Å². The summed E-state index contributed by atoms with van der Waals surface area (Å²) in [4.78, 5) is 13.6. The quantitative estimate of drug-likeness (QED) is 0.684. The first-order valence-electron chi connectivity index (χ1n) is 6.43. The van der Waals surface area contributed by atoms with Crippen molar-refractivity contribution in [2.75, 3.05) is 32.8 Å². The van der Waals surface area contributed by atoms with Gasteiger partial charge in [0.25, 0.3) is 0 Å². The smallest absolute Gasteiger partial charge is 0.322 e. The van der Waals surface area contributed by atoms with Crippen LogP contribution in [0.4, 0.5) is 0 Å². The van der Waals surface area contributed by atoms with Crippen LogP contribution in [-0.2, 0) is 14.3 Å². The van der Waals surface area contributed by atoms with Gasteiger partial charge in [0.15, 0.2) is 0 Å². The van der Waals surface area contributed by atoms with Crippen molar-refractivity contribution in [3.63, 3.8) is 0 Å². The van der Waals surface area contributed by atoms with E-state index in [9.17, 15) is 4.79 Å². The summed E-state index contributed by atoms with van der Waals surface area (Å²) in [6, 6.07) is -0.502. The van der Waals surface area contributed by atoms with Gasteiger partial charge >= 0.3 is 5.97 Å². The van der Waals surface area contributed by atoms with Crippen molar-refractivity contribution < 1.29 is 14.3 Å². The summed E-state index contributed by atoms with van der Waals surface area (Å²) < 4.78 is 10.5. The second-order valence-electron chi connectivity index (χ2n) is 4.35. The topological polar surface area (TPSA) is 64.8 Å². The number of morpholine rings is 1. The molecule has 1 saturated heterocycles. The van der Waals surface area contributed by atoms with Crippen LogP contribution in [0.1, 0.15) is 26.7 Å². The van der Waals surface area contributed by atoms with Crippen molar-refractivity contribution in [2.24, 2.45) is 5.73 Å². The summed E-state index contributed by atoms with van der Waals surface area (Å²) in [6.07, 6.45) is 2.00. The molecule has 0 aromatic carbocycles. The van der Waals surface area contributed by atoms with E-state index >= 15 is 0 Å². The summed E-state index contributed by atoms with van der Waals surface area (Å²) in [7, 11) is 0. The van der Waals surface area contributed by atoms with E-state index in [1.807, 2.05) is 0 Å². The summed E-state index contributed by atoms with van der Waals surface area (Å²) in [5, 5.41) is 0. The van der Waals surface area contributed by atoms with Crippen molar-refractivity contribution in [3.8, 4) is 0 Å². The van der Waals surface area contributed by atoms with Crippen LogP contribution in [0, 0.1) is 0 Å². The van der Waals surface area contributed by atoms with E-state index in [0.29, 0.717) is 19.1 Å². The van der Waals surface area contributed by atoms with E-state index in [1.165, 1.54) is 0 Å². The fourth-order valence-electron chi connectivity index (χ4n) is 1.92. The maximum Gasteiger partial charge on any atom is 0.322 e. The maximum atomic E-state index is 11.3. The Hall–Kier alpha value is -0.650. The Kier molecular flexibility index (Phi) is 6.47. The fraction of sp³-hybridized carbons (Fsp3) is 0.917. The molecule has 0 amide bonds. The van der Waals surface area contributed by atoms with Gasteiger partial charge in [0.05, 0.1) is 19.3 Å². The van der Waals surface area contributed by atoms with Gasteiger partial charge in [-0.15, -0.1) is 0 Å². The van der Waals surface area contributed by atoms with E-state index in [-0.39, 0.29) is 5.97 Å². The molecule has 0 saturated carbocycles. The van der Waals surface area contributed by atoms with Crippen LogP contribution >= 0.6 is 0 Å². The number of ether oxygens (including phenoxy) is 2. The largest absolute Gasteiger partial charge is 0.465 e. The van der Waals surface area contributed by atoms with Crippen molar-refractivity contribution in [1.82, 2.24) is 4.90 Å². The molecule has 1 rings (SSSR count). The normalized spacial score (nSPS) is 23.4. The van der Waals surface area contributed by atoms with Gasteiger partial charge < -0.3 is 15.2 Å². The van der Waals surface area contributed by atoms with Crippen LogP contribution in [0.5, 0.6) is 0 Å². The summed E-state index contributed by atoms with van der Waals surface area (Å²) in [6.45, 7) is 7.77. The molecule has 1 aliphatic rings. The molecule has 2 unspecified atom stereocenters. The molecule has 1 heterocycles. The fourth-order valence-corrected chi connectivity index (χ4v) is 1.92. The van der Waals surface area contributed by atoms with Crippen molar-refractivity contribution >= 4 is 5.97 Å². The van der Waals surface area contributed by atoms with Gasteiger partial charge in [-0.25, -0.2) is 0 Å². The molecule has 0 spiro atoms. The summed E-state index contributed by atoms with van der Waals surface area (Å²) >= 11 is 0. The highest BCUT2D eigenvalue weighted by Crippen LogP contribution is 2.09. The monoisotopic (exact) mass is 244 g/mol. The van der Waals surface area contributed by atoms with Gasteiger partial charge in [-0.2, -0.15) is 0 Å². The lowest BCUT2D eigenvalue weighted by Gasteiger charge is -2.32. The first kappa shape index (κ1) is 14.4. The van der Waals surface area contributed by atoms with E-state index in [4.69, 9.17) is 15.2 Å². The average Bonchev–Trinajstić information content (AvgIpc) is 2.36. The lowest BCUT2D eigenvalue weighted by Crippen LogP contribution is -2.44. The predicted molar refractivity (Wildman–Crippen MR) is 65.7 cm³/mol. The third-order valence-electron chi connectivity index (χ3n) is 3.02. The molecule has 100 valence electrons. The SMILES string of the molecule is CCOC(=O)C(N)CCN1CCOC(CC)C1. The van der Waals surface area contributed by atoms with Gasteiger partial charge in [0.1, 0.15) is 6.04 Å². The second kappa shape index (κ2) is 7.63. The van der Waals surface area contributed by atoms with Crippen LogP contribution in [0.3, 0.4) is 0 Å². The number of nitrogens with zero attached hydrogens (tertiary/aromatic N) is 1. The number of carbonyl (C=O) groups excluding carboxylic acids is 1. The highest BCUT2D eigenvalue weighted by atomic mass is 16.5. The Morgan fingerprint density at radius 3 is 3.00 bits per heavy atom. The maximum absolute atomic E-state index is 11.3. The molecule has 2 N–H and O–H groups in total. The Morgan fingerprint density at radius 1 is 1.59 bits per heavy atom. The van der Waals surface area contributed by atoms with E-state index in [1.54, 1.807) is 6.92 Å². The number of esters is 1. The minimum Gasteiger partial charge on any atom is -0.465 e. The molecule has 0 bridgehead atoms.